The van der Waals surface area contributed by atoms with Crippen LogP contribution in [0.1, 0.15) is 12.7 Å². The van der Waals surface area contributed by atoms with E-state index < -0.39 is 0 Å². The van der Waals surface area contributed by atoms with Gasteiger partial charge in [0.1, 0.15) is 11.6 Å². The smallest absolute Gasteiger partial charge is 0.237 e. The third kappa shape index (κ3) is 1.44. The van der Waals surface area contributed by atoms with Crippen LogP contribution in [-0.2, 0) is 6.42 Å². The summed E-state index contributed by atoms with van der Waals surface area (Å²) < 4.78 is 1.83. The first kappa shape index (κ1) is 8.68. The van der Waals surface area contributed by atoms with Crippen molar-refractivity contribution >= 4 is 5.82 Å². The Kier molecular flexibility index (Phi) is 2.14. The van der Waals surface area contributed by atoms with Crippen molar-refractivity contribution in [3.63, 3.8) is 0 Å². The molecule has 0 aliphatic rings. The van der Waals surface area contributed by atoms with E-state index in [1.165, 1.54) is 0 Å². The molecule has 0 aliphatic heterocycles. The lowest BCUT2D eigenvalue weighted by molar-refractivity contribution is 0.838. The number of hydrogen-bond acceptors (Lipinski definition) is 4. The van der Waals surface area contributed by atoms with E-state index in [0.717, 1.165) is 12.2 Å². The van der Waals surface area contributed by atoms with Gasteiger partial charge in [-0.3, -0.25) is 4.57 Å². The number of nitrogens with zero attached hydrogens (tertiary/aromatic N) is 4. The summed E-state index contributed by atoms with van der Waals surface area (Å²) in [5.41, 5.74) is 5.57. The van der Waals surface area contributed by atoms with Crippen LogP contribution in [-0.4, -0.2) is 19.5 Å². The largest absolute Gasteiger partial charge is 0.384 e. The number of nitrogens with two attached hydrogens (primary N) is 1. The summed E-state index contributed by atoms with van der Waals surface area (Å²) in [7, 11) is 0. The second-order valence-corrected chi connectivity index (χ2v) is 2.85. The summed E-state index contributed by atoms with van der Waals surface area (Å²) in [4.78, 5) is 12.4. The highest BCUT2D eigenvalue weighted by atomic mass is 15.2. The summed E-state index contributed by atoms with van der Waals surface area (Å²) >= 11 is 0. The molecule has 0 spiro atoms. The van der Waals surface area contributed by atoms with Gasteiger partial charge in [-0.15, -0.1) is 0 Å². The Labute approximate surface area is 81.6 Å². The van der Waals surface area contributed by atoms with Gasteiger partial charge < -0.3 is 5.73 Å². The van der Waals surface area contributed by atoms with Gasteiger partial charge >= 0.3 is 0 Å². The number of imidazole rings is 1. The van der Waals surface area contributed by atoms with E-state index in [4.69, 9.17) is 5.73 Å². The number of nitrogen functional groups attached to an aromatic ring is 1. The Hall–Kier alpha value is -1.91. The fourth-order valence-electron chi connectivity index (χ4n) is 1.26. The highest BCUT2D eigenvalue weighted by Crippen LogP contribution is 2.06. The summed E-state index contributed by atoms with van der Waals surface area (Å²) in [5.74, 6) is 1.96. The molecule has 14 heavy (non-hydrogen) atoms. The molecule has 0 radical (unpaired) electrons. The van der Waals surface area contributed by atoms with Crippen LogP contribution in [0, 0.1) is 0 Å². The molecule has 0 unspecified atom stereocenters. The van der Waals surface area contributed by atoms with Gasteiger partial charge in [0, 0.05) is 25.0 Å². The van der Waals surface area contributed by atoms with E-state index in [0.29, 0.717) is 11.8 Å². The molecule has 72 valence electrons. The lowest BCUT2D eigenvalue weighted by atomic mass is 10.4. The van der Waals surface area contributed by atoms with Crippen molar-refractivity contribution in [1.82, 2.24) is 19.5 Å². The minimum absolute atomic E-state index is 0.464. The minimum atomic E-state index is 0.464. The maximum atomic E-state index is 5.57. The van der Waals surface area contributed by atoms with Crippen LogP contribution in [0.15, 0.2) is 24.7 Å². The molecule has 0 atom stereocenters. The van der Waals surface area contributed by atoms with Gasteiger partial charge in [-0.05, 0) is 6.07 Å². The van der Waals surface area contributed by atoms with Crippen LogP contribution in [0.5, 0.6) is 0 Å². The summed E-state index contributed by atoms with van der Waals surface area (Å²) in [5, 5.41) is 0. The van der Waals surface area contributed by atoms with E-state index >= 15 is 0 Å². The van der Waals surface area contributed by atoms with Crippen LogP contribution >= 0.6 is 0 Å². The molecule has 0 amide bonds. The quantitative estimate of drug-likeness (QED) is 0.758. The Bertz CT molecular complexity index is 434. The van der Waals surface area contributed by atoms with Gasteiger partial charge in [-0.2, -0.15) is 4.98 Å². The molecular formula is C9H11N5. The number of anilines is 1. The molecule has 0 aromatic carbocycles. The van der Waals surface area contributed by atoms with Gasteiger partial charge in [-0.1, -0.05) is 6.92 Å². The average molecular weight is 189 g/mol. The summed E-state index contributed by atoms with van der Waals surface area (Å²) in [6.45, 7) is 2.03. The fraction of sp³-hybridized carbons (Fsp3) is 0.222. The second-order valence-electron chi connectivity index (χ2n) is 2.85. The van der Waals surface area contributed by atoms with Crippen LogP contribution < -0.4 is 5.73 Å². The van der Waals surface area contributed by atoms with Gasteiger partial charge in [0.2, 0.25) is 5.95 Å². The summed E-state index contributed by atoms with van der Waals surface area (Å²) in [6, 6.07) is 1.66. The number of hydrogen-bond donors (Lipinski definition) is 1. The monoisotopic (exact) mass is 189 g/mol. The third-order valence-corrected chi connectivity index (χ3v) is 1.91. The Balaban J connectivity index is 2.49. The van der Waals surface area contributed by atoms with Crippen LogP contribution in [0.3, 0.4) is 0 Å². The number of aromatic nitrogens is 4. The topological polar surface area (TPSA) is 69.6 Å². The number of rotatable bonds is 2. The Morgan fingerprint density at radius 2 is 2.21 bits per heavy atom. The molecule has 2 aromatic rings. The Morgan fingerprint density at radius 1 is 1.36 bits per heavy atom. The van der Waals surface area contributed by atoms with Crippen molar-refractivity contribution in [3.8, 4) is 5.95 Å². The zero-order valence-electron chi connectivity index (χ0n) is 7.88. The van der Waals surface area contributed by atoms with Crippen molar-refractivity contribution in [1.29, 1.82) is 0 Å². The first-order valence-corrected chi connectivity index (χ1v) is 4.42. The van der Waals surface area contributed by atoms with E-state index in [9.17, 15) is 0 Å². The van der Waals surface area contributed by atoms with Crippen molar-refractivity contribution in [2.45, 2.75) is 13.3 Å². The maximum absolute atomic E-state index is 5.57. The standard InChI is InChI=1S/C9H11N5/c1-2-8-11-5-6-14(8)9-12-4-3-7(10)13-9/h3-6H,2H2,1H3,(H2,10,12,13). The Morgan fingerprint density at radius 3 is 2.93 bits per heavy atom. The minimum Gasteiger partial charge on any atom is -0.384 e. The van der Waals surface area contributed by atoms with Crippen molar-refractivity contribution in [3.05, 3.63) is 30.5 Å². The number of aryl methyl sites for hydroxylation is 1. The average Bonchev–Trinajstić information content (AvgIpc) is 2.65. The molecule has 2 aromatic heterocycles. The van der Waals surface area contributed by atoms with Gasteiger partial charge in [0.25, 0.3) is 0 Å². The molecule has 0 bridgehead atoms. The SMILES string of the molecule is CCc1nccn1-c1nccc(N)n1. The highest BCUT2D eigenvalue weighted by molar-refractivity contribution is 5.30. The lowest BCUT2D eigenvalue weighted by Crippen LogP contribution is -2.05. The third-order valence-electron chi connectivity index (χ3n) is 1.91. The molecular weight excluding hydrogens is 178 g/mol. The zero-order valence-corrected chi connectivity index (χ0v) is 7.88. The molecule has 5 nitrogen and oxygen atoms in total. The molecule has 2 N–H and O–H groups in total. The lowest BCUT2D eigenvalue weighted by Gasteiger charge is -2.03. The molecule has 5 heteroatoms. The summed E-state index contributed by atoms with van der Waals surface area (Å²) in [6.07, 6.45) is 6.03. The molecule has 2 rings (SSSR count). The van der Waals surface area contributed by atoms with E-state index in [1.54, 1.807) is 18.5 Å². The fourth-order valence-corrected chi connectivity index (χ4v) is 1.26. The predicted molar refractivity (Wildman–Crippen MR) is 52.9 cm³/mol. The van der Waals surface area contributed by atoms with E-state index in [1.807, 2.05) is 17.7 Å². The molecule has 0 fully saturated rings. The van der Waals surface area contributed by atoms with Crippen molar-refractivity contribution < 1.29 is 0 Å². The maximum Gasteiger partial charge on any atom is 0.237 e. The van der Waals surface area contributed by atoms with E-state index in [-0.39, 0.29) is 0 Å². The zero-order chi connectivity index (χ0) is 9.97. The second kappa shape index (κ2) is 3.45. The van der Waals surface area contributed by atoms with Crippen molar-refractivity contribution in [2.24, 2.45) is 0 Å². The van der Waals surface area contributed by atoms with Gasteiger partial charge in [0.15, 0.2) is 0 Å². The van der Waals surface area contributed by atoms with Crippen LogP contribution in [0.25, 0.3) is 5.95 Å². The van der Waals surface area contributed by atoms with Gasteiger partial charge in [0.05, 0.1) is 0 Å². The first-order valence-electron chi connectivity index (χ1n) is 4.42. The first-order chi connectivity index (χ1) is 6.81. The molecule has 0 saturated heterocycles. The van der Waals surface area contributed by atoms with E-state index in [2.05, 4.69) is 15.0 Å². The highest BCUT2D eigenvalue weighted by Gasteiger charge is 2.04. The molecule has 0 saturated carbocycles. The van der Waals surface area contributed by atoms with Gasteiger partial charge in [-0.25, -0.2) is 9.97 Å². The van der Waals surface area contributed by atoms with Crippen LogP contribution in [0.4, 0.5) is 5.82 Å². The predicted octanol–water partition coefficient (Wildman–Crippen LogP) is 0.807. The van der Waals surface area contributed by atoms with Crippen molar-refractivity contribution in [2.75, 3.05) is 5.73 Å². The normalized spacial score (nSPS) is 10.4. The van der Waals surface area contributed by atoms with Crippen LogP contribution in [0.2, 0.25) is 0 Å². The molecule has 2 heterocycles. The molecule has 0 aliphatic carbocycles.